The lowest BCUT2D eigenvalue weighted by molar-refractivity contribution is 0.808. The molecule has 0 spiro atoms. The van der Waals surface area contributed by atoms with Crippen molar-refractivity contribution in [2.24, 2.45) is 5.73 Å². The van der Waals surface area contributed by atoms with Gasteiger partial charge in [-0.25, -0.2) is 4.98 Å². The fraction of sp³-hybridized carbons (Fsp3) is 0.211. The molecule has 1 unspecified atom stereocenters. The summed E-state index contributed by atoms with van der Waals surface area (Å²) in [5.74, 6) is 0. The van der Waals surface area contributed by atoms with Crippen molar-refractivity contribution >= 4 is 11.3 Å². The van der Waals surface area contributed by atoms with Gasteiger partial charge in [0.2, 0.25) is 0 Å². The number of aryl methyl sites for hydroxylation is 2. The molecule has 1 aromatic heterocycles. The van der Waals surface area contributed by atoms with Crippen molar-refractivity contribution in [1.82, 2.24) is 4.98 Å². The zero-order chi connectivity index (χ0) is 15.4. The molecule has 0 fully saturated rings. The summed E-state index contributed by atoms with van der Waals surface area (Å²) >= 11 is 1.63. The molecule has 3 heteroatoms. The van der Waals surface area contributed by atoms with Gasteiger partial charge < -0.3 is 5.73 Å². The Labute approximate surface area is 135 Å². The summed E-state index contributed by atoms with van der Waals surface area (Å²) in [6.07, 6.45) is 2.14. The average molecular weight is 308 g/mol. The first kappa shape index (κ1) is 14.9. The van der Waals surface area contributed by atoms with Gasteiger partial charge in [-0.05, 0) is 30.9 Å². The van der Waals surface area contributed by atoms with Gasteiger partial charge >= 0.3 is 0 Å². The highest BCUT2D eigenvalue weighted by molar-refractivity contribution is 7.10. The molecule has 0 amide bonds. The summed E-state index contributed by atoms with van der Waals surface area (Å²) in [7, 11) is 0. The van der Waals surface area contributed by atoms with Crippen molar-refractivity contribution < 1.29 is 0 Å². The van der Waals surface area contributed by atoms with Crippen LogP contribution in [0.1, 0.15) is 29.1 Å². The number of nitrogens with two attached hydrogens (primary N) is 1. The second-order valence-corrected chi connectivity index (χ2v) is 6.43. The van der Waals surface area contributed by atoms with Crippen LogP contribution in [-0.4, -0.2) is 4.98 Å². The number of thiazole rings is 1. The zero-order valence-electron chi connectivity index (χ0n) is 12.7. The summed E-state index contributed by atoms with van der Waals surface area (Å²) < 4.78 is 0. The van der Waals surface area contributed by atoms with Crippen molar-refractivity contribution in [3.05, 3.63) is 76.1 Å². The highest BCUT2D eigenvalue weighted by Crippen LogP contribution is 2.25. The molecule has 0 saturated carbocycles. The normalized spacial score (nSPS) is 12.3. The van der Waals surface area contributed by atoms with E-state index in [-0.39, 0.29) is 6.04 Å². The number of hydrogen-bond donors (Lipinski definition) is 1. The van der Waals surface area contributed by atoms with E-state index in [2.05, 4.69) is 65.0 Å². The lowest BCUT2D eigenvalue weighted by Crippen LogP contribution is -2.03. The van der Waals surface area contributed by atoms with E-state index in [1.54, 1.807) is 11.3 Å². The summed E-state index contributed by atoms with van der Waals surface area (Å²) in [5, 5.41) is 3.07. The van der Waals surface area contributed by atoms with E-state index in [1.807, 2.05) is 6.92 Å². The lowest BCUT2D eigenvalue weighted by Gasteiger charge is -2.04. The van der Waals surface area contributed by atoms with Crippen LogP contribution in [0, 0.1) is 0 Å². The maximum absolute atomic E-state index is 5.87. The third kappa shape index (κ3) is 3.62. The Morgan fingerprint density at radius 1 is 0.955 bits per heavy atom. The van der Waals surface area contributed by atoms with E-state index in [0.717, 1.165) is 29.1 Å². The lowest BCUT2D eigenvalue weighted by atomic mass is 10.0. The predicted octanol–water partition coefficient (Wildman–Crippen LogP) is 4.62. The smallest absolute Gasteiger partial charge is 0.110 e. The first-order valence-electron chi connectivity index (χ1n) is 7.56. The van der Waals surface area contributed by atoms with Crippen molar-refractivity contribution in [3.63, 3.8) is 0 Å². The van der Waals surface area contributed by atoms with Crippen LogP contribution >= 0.6 is 11.3 Å². The van der Waals surface area contributed by atoms with Gasteiger partial charge in [0.25, 0.3) is 0 Å². The number of aromatic nitrogens is 1. The summed E-state index contributed by atoms with van der Waals surface area (Å²) in [6.45, 7) is 1.97. The molecule has 3 rings (SSSR count). The van der Waals surface area contributed by atoms with Crippen LogP contribution in [0.15, 0.2) is 60.0 Å². The minimum absolute atomic E-state index is 0.00361. The summed E-state index contributed by atoms with van der Waals surface area (Å²) in [4.78, 5) is 4.60. The van der Waals surface area contributed by atoms with Gasteiger partial charge in [-0.2, -0.15) is 0 Å². The van der Waals surface area contributed by atoms with E-state index in [9.17, 15) is 0 Å². The minimum atomic E-state index is 0.00361. The Morgan fingerprint density at radius 3 is 2.18 bits per heavy atom. The van der Waals surface area contributed by atoms with Crippen LogP contribution < -0.4 is 5.73 Å². The molecular weight excluding hydrogens is 288 g/mol. The maximum Gasteiger partial charge on any atom is 0.110 e. The fourth-order valence-corrected chi connectivity index (χ4v) is 3.19. The molecule has 0 aliphatic carbocycles. The Morgan fingerprint density at radius 2 is 1.59 bits per heavy atom. The Bertz CT molecular complexity index is 715. The Balaban J connectivity index is 1.67. The molecule has 2 aromatic carbocycles. The van der Waals surface area contributed by atoms with Crippen LogP contribution in [-0.2, 0) is 12.8 Å². The van der Waals surface area contributed by atoms with Crippen molar-refractivity contribution in [2.45, 2.75) is 25.8 Å². The fourth-order valence-electron chi connectivity index (χ4n) is 2.40. The van der Waals surface area contributed by atoms with Crippen LogP contribution in [0.2, 0.25) is 0 Å². The zero-order valence-corrected chi connectivity index (χ0v) is 13.5. The molecular formula is C19H20N2S. The van der Waals surface area contributed by atoms with Crippen LogP contribution in [0.25, 0.3) is 11.3 Å². The van der Waals surface area contributed by atoms with Crippen LogP contribution in [0.4, 0.5) is 0 Å². The number of rotatable bonds is 5. The topological polar surface area (TPSA) is 38.9 Å². The average Bonchev–Trinajstić information content (AvgIpc) is 3.05. The second kappa shape index (κ2) is 6.86. The van der Waals surface area contributed by atoms with Gasteiger partial charge in [0, 0.05) is 10.9 Å². The third-order valence-electron chi connectivity index (χ3n) is 3.71. The molecule has 2 nitrogen and oxygen atoms in total. The molecule has 112 valence electrons. The number of hydrogen-bond acceptors (Lipinski definition) is 3. The quantitative estimate of drug-likeness (QED) is 0.747. The first-order valence-corrected chi connectivity index (χ1v) is 8.44. The Hall–Kier alpha value is -1.97. The standard InChI is InChI=1S/C19H20N2S/c1-14(20)19-21-18(13-22-19)17-11-9-16(10-12-17)8-7-15-5-3-2-4-6-15/h2-6,9-14H,7-8,20H2,1H3. The largest absolute Gasteiger partial charge is 0.322 e. The molecule has 2 N–H and O–H groups in total. The molecule has 0 bridgehead atoms. The number of benzene rings is 2. The van der Waals surface area contributed by atoms with Crippen molar-refractivity contribution in [2.75, 3.05) is 0 Å². The molecule has 22 heavy (non-hydrogen) atoms. The highest BCUT2D eigenvalue weighted by Gasteiger charge is 2.07. The van der Waals surface area contributed by atoms with Crippen molar-refractivity contribution in [1.29, 1.82) is 0 Å². The van der Waals surface area contributed by atoms with E-state index < -0.39 is 0 Å². The predicted molar refractivity (Wildman–Crippen MR) is 94.0 cm³/mol. The van der Waals surface area contributed by atoms with E-state index in [0.29, 0.717) is 0 Å². The molecule has 0 saturated heterocycles. The van der Waals surface area contributed by atoms with E-state index in [1.165, 1.54) is 11.1 Å². The van der Waals surface area contributed by atoms with Gasteiger partial charge in [-0.1, -0.05) is 54.6 Å². The monoisotopic (exact) mass is 308 g/mol. The van der Waals surface area contributed by atoms with Crippen LogP contribution in [0.3, 0.4) is 0 Å². The van der Waals surface area contributed by atoms with Crippen LogP contribution in [0.5, 0.6) is 0 Å². The summed E-state index contributed by atoms with van der Waals surface area (Å²) in [6, 6.07) is 19.3. The highest BCUT2D eigenvalue weighted by atomic mass is 32.1. The van der Waals surface area contributed by atoms with E-state index in [4.69, 9.17) is 5.73 Å². The van der Waals surface area contributed by atoms with Gasteiger partial charge in [0.05, 0.1) is 11.7 Å². The second-order valence-electron chi connectivity index (χ2n) is 5.54. The Kier molecular flexibility index (Phi) is 4.66. The van der Waals surface area contributed by atoms with Gasteiger partial charge in [-0.3, -0.25) is 0 Å². The van der Waals surface area contributed by atoms with E-state index >= 15 is 0 Å². The molecule has 1 atom stereocenters. The van der Waals surface area contributed by atoms with Crippen molar-refractivity contribution in [3.8, 4) is 11.3 Å². The SMILES string of the molecule is CC(N)c1nc(-c2ccc(CCc3ccccc3)cc2)cs1. The number of nitrogens with zero attached hydrogens (tertiary/aromatic N) is 1. The minimum Gasteiger partial charge on any atom is -0.322 e. The van der Waals surface area contributed by atoms with Gasteiger partial charge in [0.15, 0.2) is 0 Å². The molecule has 0 aliphatic heterocycles. The first-order chi connectivity index (χ1) is 10.7. The third-order valence-corrected chi connectivity index (χ3v) is 4.75. The van der Waals surface area contributed by atoms with Gasteiger partial charge in [0.1, 0.15) is 5.01 Å². The van der Waals surface area contributed by atoms with Gasteiger partial charge in [-0.15, -0.1) is 11.3 Å². The molecule has 1 heterocycles. The maximum atomic E-state index is 5.87. The molecule has 0 aliphatic rings. The summed E-state index contributed by atoms with van der Waals surface area (Å²) in [5.41, 5.74) is 10.8. The molecule has 3 aromatic rings. The molecule has 0 radical (unpaired) electrons.